The Labute approximate surface area is 182 Å². The van der Waals surface area contributed by atoms with E-state index in [1.165, 1.54) is 11.1 Å². The number of carbonyl (C=O) groups excluding carboxylic acids is 1. The molecule has 31 heavy (non-hydrogen) atoms. The summed E-state index contributed by atoms with van der Waals surface area (Å²) in [6, 6.07) is 23.5. The molecule has 0 fully saturated rings. The van der Waals surface area contributed by atoms with E-state index in [-0.39, 0.29) is 5.91 Å². The molecule has 2 heterocycles. The third kappa shape index (κ3) is 5.07. The average Bonchev–Trinajstić information content (AvgIpc) is 3.47. The predicted octanol–water partition coefficient (Wildman–Crippen LogP) is 5.29. The van der Waals surface area contributed by atoms with E-state index in [4.69, 9.17) is 9.15 Å². The van der Waals surface area contributed by atoms with Crippen molar-refractivity contribution in [1.82, 2.24) is 9.47 Å². The molecule has 0 aliphatic heterocycles. The van der Waals surface area contributed by atoms with Crippen LogP contribution in [0.1, 0.15) is 32.9 Å². The van der Waals surface area contributed by atoms with Gasteiger partial charge in [-0.15, -0.1) is 0 Å². The summed E-state index contributed by atoms with van der Waals surface area (Å²) in [4.78, 5) is 15.1. The first-order valence-corrected chi connectivity index (χ1v) is 10.3. The van der Waals surface area contributed by atoms with E-state index in [0.717, 1.165) is 23.7 Å². The highest BCUT2D eigenvalue weighted by atomic mass is 16.5. The van der Waals surface area contributed by atoms with Crippen LogP contribution in [0.25, 0.3) is 0 Å². The number of hydrogen-bond acceptors (Lipinski definition) is 3. The zero-order valence-electron chi connectivity index (χ0n) is 17.8. The molecular weight excluding hydrogens is 388 g/mol. The van der Waals surface area contributed by atoms with Crippen molar-refractivity contribution in [2.24, 2.45) is 0 Å². The van der Waals surface area contributed by atoms with E-state index in [2.05, 4.69) is 48.0 Å². The number of ether oxygens (including phenoxy) is 1. The minimum atomic E-state index is -0.0536. The Morgan fingerprint density at radius 3 is 2.42 bits per heavy atom. The van der Waals surface area contributed by atoms with Crippen molar-refractivity contribution in [2.45, 2.75) is 26.6 Å². The second kappa shape index (κ2) is 9.39. The van der Waals surface area contributed by atoms with Crippen molar-refractivity contribution >= 4 is 5.91 Å². The molecule has 0 saturated heterocycles. The number of furan rings is 1. The first kappa shape index (κ1) is 20.5. The summed E-state index contributed by atoms with van der Waals surface area (Å²) in [5, 5.41) is 0. The largest absolute Gasteiger partial charge is 0.497 e. The van der Waals surface area contributed by atoms with Crippen LogP contribution >= 0.6 is 0 Å². The van der Waals surface area contributed by atoms with Crippen LogP contribution < -0.4 is 4.74 Å². The minimum Gasteiger partial charge on any atom is -0.497 e. The van der Waals surface area contributed by atoms with E-state index >= 15 is 0 Å². The molecule has 5 heteroatoms. The Morgan fingerprint density at radius 1 is 0.968 bits per heavy atom. The van der Waals surface area contributed by atoms with Gasteiger partial charge in [-0.2, -0.15) is 0 Å². The monoisotopic (exact) mass is 414 g/mol. The number of benzene rings is 2. The van der Waals surface area contributed by atoms with Gasteiger partial charge in [0.1, 0.15) is 11.5 Å². The summed E-state index contributed by atoms with van der Waals surface area (Å²) < 4.78 is 12.9. The van der Waals surface area contributed by atoms with E-state index in [1.807, 2.05) is 23.1 Å². The van der Waals surface area contributed by atoms with Crippen LogP contribution in [0.5, 0.6) is 5.75 Å². The van der Waals surface area contributed by atoms with Crippen LogP contribution in [0, 0.1) is 6.92 Å². The van der Waals surface area contributed by atoms with Crippen molar-refractivity contribution in [3.8, 4) is 5.75 Å². The maximum absolute atomic E-state index is 13.3. The van der Waals surface area contributed by atoms with E-state index < -0.39 is 0 Å². The van der Waals surface area contributed by atoms with Crippen LogP contribution in [0.4, 0.5) is 0 Å². The number of aryl methyl sites for hydroxylation is 1. The van der Waals surface area contributed by atoms with Crippen molar-refractivity contribution < 1.29 is 13.9 Å². The molecule has 0 aliphatic carbocycles. The zero-order chi connectivity index (χ0) is 21.6. The quantitative estimate of drug-likeness (QED) is 0.394. The molecule has 4 aromatic rings. The Morgan fingerprint density at radius 2 is 1.74 bits per heavy atom. The number of hydrogen-bond donors (Lipinski definition) is 0. The fourth-order valence-electron chi connectivity index (χ4n) is 3.54. The smallest absolute Gasteiger partial charge is 0.254 e. The van der Waals surface area contributed by atoms with Gasteiger partial charge in [0, 0.05) is 24.0 Å². The lowest BCUT2D eigenvalue weighted by atomic mass is 10.1. The van der Waals surface area contributed by atoms with Crippen molar-refractivity contribution in [2.75, 3.05) is 7.11 Å². The molecule has 2 aromatic carbocycles. The van der Waals surface area contributed by atoms with Crippen LogP contribution in [0.2, 0.25) is 0 Å². The third-order valence-corrected chi connectivity index (χ3v) is 5.30. The van der Waals surface area contributed by atoms with Gasteiger partial charge in [-0.05, 0) is 61.0 Å². The Kier molecular flexibility index (Phi) is 6.22. The maximum Gasteiger partial charge on any atom is 0.254 e. The number of nitrogens with zero attached hydrogens (tertiary/aromatic N) is 2. The molecule has 0 spiro atoms. The third-order valence-electron chi connectivity index (χ3n) is 5.30. The van der Waals surface area contributed by atoms with E-state index in [9.17, 15) is 4.79 Å². The lowest BCUT2D eigenvalue weighted by Crippen LogP contribution is -2.31. The number of aromatic nitrogens is 1. The summed E-state index contributed by atoms with van der Waals surface area (Å²) in [5.41, 5.74) is 4.14. The summed E-state index contributed by atoms with van der Waals surface area (Å²) in [6.07, 6.45) is 3.68. The molecule has 158 valence electrons. The zero-order valence-corrected chi connectivity index (χ0v) is 17.8. The van der Waals surface area contributed by atoms with Gasteiger partial charge in [-0.1, -0.05) is 29.8 Å². The topological polar surface area (TPSA) is 47.6 Å². The van der Waals surface area contributed by atoms with Gasteiger partial charge in [0.2, 0.25) is 0 Å². The molecule has 0 aliphatic rings. The molecule has 0 unspecified atom stereocenters. The highest BCUT2D eigenvalue weighted by molar-refractivity contribution is 5.94. The molecule has 1 amide bonds. The van der Waals surface area contributed by atoms with Crippen LogP contribution in [0.3, 0.4) is 0 Å². The average molecular weight is 415 g/mol. The fourth-order valence-corrected chi connectivity index (χ4v) is 3.54. The van der Waals surface area contributed by atoms with Crippen LogP contribution in [0.15, 0.2) is 89.7 Å². The number of methoxy groups -OCH3 is 1. The van der Waals surface area contributed by atoms with Crippen LogP contribution in [-0.2, 0) is 19.6 Å². The second-order valence-corrected chi connectivity index (χ2v) is 7.58. The summed E-state index contributed by atoms with van der Waals surface area (Å²) in [7, 11) is 1.61. The van der Waals surface area contributed by atoms with Gasteiger partial charge in [-0.3, -0.25) is 4.79 Å². The number of amides is 1. The first-order valence-electron chi connectivity index (χ1n) is 10.3. The molecule has 2 aromatic heterocycles. The number of carbonyl (C=O) groups is 1. The van der Waals surface area contributed by atoms with Gasteiger partial charge in [0.25, 0.3) is 5.91 Å². The predicted molar refractivity (Wildman–Crippen MR) is 120 cm³/mol. The summed E-state index contributed by atoms with van der Waals surface area (Å²) >= 11 is 0. The number of rotatable bonds is 8. The standard InChI is InChI=1S/C26H26N2O3/c1-20-7-9-21(10-8-20)17-27-15-3-5-23(27)18-28(19-25-6-4-16-31-25)26(29)22-11-13-24(30-2)14-12-22/h3-16H,17-19H2,1-2H3. The lowest BCUT2D eigenvalue weighted by molar-refractivity contribution is 0.0713. The van der Waals surface area contributed by atoms with Crippen LogP contribution in [-0.4, -0.2) is 22.5 Å². The normalized spacial score (nSPS) is 10.8. The molecule has 4 rings (SSSR count). The minimum absolute atomic E-state index is 0.0536. The van der Waals surface area contributed by atoms with Gasteiger partial charge in [0.15, 0.2) is 0 Å². The first-order chi connectivity index (χ1) is 15.1. The van der Waals surface area contributed by atoms with Crippen molar-refractivity contribution in [1.29, 1.82) is 0 Å². The van der Waals surface area contributed by atoms with Crippen molar-refractivity contribution in [3.63, 3.8) is 0 Å². The van der Waals surface area contributed by atoms with Gasteiger partial charge < -0.3 is 18.6 Å². The van der Waals surface area contributed by atoms with Gasteiger partial charge in [0.05, 0.1) is 26.5 Å². The Bertz CT molecular complexity index is 1110. The van der Waals surface area contributed by atoms with Crippen molar-refractivity contribution in [3.05, 3.63) is 113 Å². The maximum atomic E-state index is 13.3. The summed E-state index contributed by atoms with van der Waals surface area (Å²) in [5.74, 6) is 1.42. The molecule has 5 nitrogen and oxygen atoms in total. The molecule has 0 N–H and O–H groups in total. The SMILES string of the molecule is COc1ccc(C(=O)N(Cc2ccco2)Cc2cccn2Cc2ccc(C)cc2)cc1. The lowest BCUT2D eigenvalue weighted by Gasteiger charge is -2.23. The molecule has 0 radical (unpaired) electrons. The summed E-state index contributed by atoms with van der Waals surface area (Å²) in [6.45, 7) is 3.72. The van der Waals surface area contributed by atoms with Gasteiger partial charge in [-0.25, -0.2) is 0 Å². The molecule has 0 bridgehead atoms. The van der Waals surface area contributed by atoms with E-state index in [0.29, 0.717) is 18.7 Å². The molecule has 0 atom stereocenters. The Balaban J connectivity index is 1.57. The highest BCUT2D eigenvalue weighted by Gasteiger charge is 2.19. The molecule has 0 saturated carbocycles. The highest BCUT2D eigenvalue weighted by Crippen LogP contribution is 2.18. The Hall–Kier alpha value is -3.73. The molecular formula is C26H26N2O3. The van der Waals surface area contributed by atoms with E-state index in [1.54, 1.807) is 37.6 Å². The van der Waals surface area contributed by atoms with Gasteiger partial charge >= 0.3 is 0 Å². The fraction of sp³-hybridized carbons (Fsp3) is 0.192. The second-order valence-electron chi connectivity index (χ2n) is 7.58.